The van der Waals surface area contributed by atoms with E-state index >= 15 is 0 Å². The molecule has 1 atom stereocenters. The summed E-state index contributed by atoms with van der Waals surface area (Å²) in [5, 5.41) is 10.4. The van der Waals surface area contributed by atoms with Crippen LogP contribution in [0, 0.1) is 5.82 Å². The van der Waals surface area contributed by atoms with E-state index in [0.29, 0.717) is 29.1 Å². The molecular weight excluding hydrogens is 345 g/mol. The number of halogens is 2. The highest BCUT2D eigenvalue weighted by atomic mass is 35.5. The summed E-state index contributed by atoms with van der Waals surface area (Å²) in [5.74, 6) is -1.05. The molecule has 1 unspecified atom stereocenters. The number of benzene rings is 1. The fraction of sp³-hybridized carbons (Fsp3) is 0.333. The monoisotopic (exact) mass is 363 g/mol. The molecule has 7 heteroatoms. The summed E-state index contributed by atoms with van der Waals surface area (Å²) in [6.45, 7) is 3.98. The molecule has 1 aromatic heterocycles. The number of ether oxygens (including phenoxy) is 1. The number of esters is 1. The van der Waals surface area contributed by atoms with Gasteiger partial charge < -0.3 is 10.1 Å². The van der Waals surface area contributed by atoms with Crippen LogP contribution in [0.4, 0.5) is 10.2 Å². The minimum Gasteiger partial charge on any atom is -0.463 e. The molecule has 3 rings (SSSR count). The third kappa shape index (κ3) is 3.14. The van der Waals surface area contributed by atoms with Crippen LogP contribution in [-0.2, 0) is 9.53 Å². The van der Waals surface area contributed by atoms with Gasteiger partial charge in [0, 0.05) is 28.0 Å². The van der Waals surface area contributed by atoms with Crippen molar-refractivity contribution in [3.8, 4) is 0 Å². The summed E-state index contributed by atoms with van der Waals surface area (Å²) in [4.78, 5) is 12.7. The average Bonchev–Trinajstić information content (AvgIpc) is 3.03. The second-order valence-electron chi connectivity index (χ2n) is 5.75. The van der Waals surface area contributed by atoms with E-state index in [1.807, 2.05) is 6.92 Å². The van der Waals surface area contributed by atoms with Crippen LogP contribution in [-0.4, -0.2) is 22.8 Å². The molecule has 25 heavy (non-hydrogen) atoms. The van der Waals surface area contributed by atoms with Crippen molar-refractivity contribution in [1.29, 1.82) is 0 Å². The van der Waals surface area contributed by atoms with Gasteiger partial charge in [0.15, 0.2) is 5.82 Å². The first-order chi connectivity index (χ1) is 12.1. The summed E-state index contributed by atoms with van der Waals surface area (Å²) in [6.07, 6.45) is 3.07. The van der Waals surface area contributed by atoms with E-state index in [0.717, 1.165) is 6.42 Å². The van der Waals surface area contributed by atoms with Crippen molar-refractivity contribution in [2.75, 3.05) is 11.9 Å². The number of allylic oxidation sites excluding steroid dienone is 1. The molecule has 2 N–H and O–H groups in total. The van der Waals surface area contributed by atoms with E-state index in [1.165, 1.54) is 6.07 Å². The molecule has 0 fully saturated rings. The van der Waals surface area contributed by atoms with Crippen molar-refractivity contribution in [2.45, 2.75) is 32.6 Å². The Balaban J connectivity index is 2.25. The number of aromatic nitrogens is 2. The van der Waals surface area contributed by atoms with Crippen molar-refractivity contribution < 1.29 is 13.9 Å². The maximum absolute atomic E-state index is 14.7. The van der Waals surface area contributed by atoms with Crippen molar-refractivity contribution in [2.24, 2.45) is 0 Å². The van der Waals surface area contributed by atoms with Gasteiger partial charge in [0.05, 0.1) is 18.1 Å². The number of rotatable bonds is 5. The summed E-state index contributed by atoms with van der Waals surface area (Å²) >= 11 is 6.30. The number of nitrogens with one attached hydrogen (secondary N) is 2. The summed E-state index contributed by atoms with van der Waals surface area (Å²) in [5.41, 5.74) is 1.98. The van der Waals surface area contributed by atoms with E-state index in [2.05, 4.69) is 15.5 Å². The second-order valence-corrected chi connectivity index (χ2v) is 6.15. The van der Waals surface area contributed by atoms with Crippen LogP contribution in [0.1, 0.15) is 43.7 Å². The van der Waals surface area contributed by atoms with Gasteiger partial charge in [-0.1, -0.05) is 31.0 Å². The molecule has 2 heterocycles. The van der Waals surface area contributed by atoms with Gasteiger partial charge in [-0.3, -0.25) is 5.10 Å². The fourth-order valence-corrected chi connectivity index (χ4v) is 3.41. The van der Waals surface area contributed by atoms with Gasteiger partial charge in [0.2, 0.25) is 0 Å². The molecule has 0 saturated heterocycles. The molecule has 0 amide bonds. The van der Waals surface area contributed by atoms with Gasteiger partial charge in [-0.05, 0) is 25.5 Å². The molecule has 132 valence electrons. The number of fused-ring (bicyclic) bond motifs is 1. The van der Waals surface area contributed by atoms with Crippen molar-refractivity contribution in [3.05, 3.63) is 57.6 Å². The predicted octanol–water partition coefficient (Wildman–Crippen LogP) is 4.38. The lowest BCUT2D eigenvalue weighted by atomic mass is 9.81. The van der Waals surface area contributed by atoms with Crippen molar-refractivity contribution >= 4 is 23.4 Å². The average molecular weight is 364 g/mol. The third-order valence-electron chi connectivity index (χ3n) is 4.15. The molecule has 0 spiro atoms. The van der Waals surface area contributed by atoms with Crippen LogP contribution in [0.2, 0.25) is 5.02 Å². The van der Waals surface area contributed by atoms with Gasteiger partial charge in [-0.15, -0.1) is 0 Å². The Morgan fingerprint density at radius 3 is 2.88 bits per heavy atom. The summed E-state index contributed by atoms with van der Waals surface area (Å²) < 4.78 is 19.9. The molecule has 0 bridgehead atoms. The van der Waals surface area contributed by atoms with Crippen molar-refractivity contribution in [1.82, 2.24) is 10.2 Å². The highest BCUT2D eigenvalue weighted by molar-refractivity contribution is 6.31. The third-order valence-corrected chi connectivity index (χ3v) is 4.48. The molecule has 1 aromatic carbocycles. The van der Waals surface area contributed by atoms with E-state index in [1.54, 1.807) is 25.3 Å². The normalized spacial score (nSPS) is 16.4. The number of H-pyrrole nitrogens is 1. The Labute approximate surface area is 150 Å². The minimum atomic E-state index is -0.677. The Bertz CT molecular complexity index is 811. The Kier molecular flexibility index (Phi) is 5.08. The van der Waals surface area contributed by atoms with Gasteiger partial charge >= 0.3 is 5.97 Å². The Morgan fingerprint density at radius 2 is 2.20 bits per heavy atom. The number of hydrogen-bond acceptors (Lipinski definition) is 4. The quantitative estimate of drug-likeness (QED) is 0.774. The second kappa shape index (κ2) is 7.27. The van der Waals surface area contributed by atoms with E-state index in [4.69, 9.17) is 16.3 Å². The SMILES string of the molecule is CCCC1=C(C(=O)OCC)C(c2c(F)cccc2Cl)c2c[nH]nc2N1. The minimum absolute atomic E-state index is 0.234. The van der Waals surface area contributed by atoms with Crippen LogP contribution < -0.4 is 5.32 Å². The molecule has 1 aliphatic rings. The van der Waals surface area contributed by atoms with Crippen LogP contribution in [0.5, 0.6) is 0 Å². The molecule has 0 aliphatic carbocycles. The number of anilines is 1. The number of nitrogens with zero attached hydrogens (tertiary/aromatic N) is 1. The van der Waals surface area contributed by atoms with Gasteiger partial charge in [0.1, 0.15) is 5.82 Å². The molecule has 2 aromatic rings. The highest BCUT2D eigenvalue weighted by Crippen LogP contribution is 2.45. The van der Waals surface area contributed by atoms with E-state index < -0.39 is 17.7 Å². The Hall–Kier alpha value is -2.34. The first-order valence-electron chi connectivity index (χ1n) is 8.23. The lowest BCUT2D eigenvalue weighted by molar-refractivity contribution is -0.138. The van der Waals surface area contributed by atoms with E-state index in [-0.39, 0.29) is 17.2 Å². The molecule has 0 radical (unpaired) electrons. The number of aromatic amines is 1. The maximum Gasteiger partial charge on any atom is 0.336 e. The summed E-state index contributed by atoms with van der Waals surface area (Å²) in [7, 11) is 0. The summed E-state index contributed by atoms with van der Waals surface area (Å²) in [6, 6.07) is 4.49. The lowest BCUT2D eigenvalue weighted by Crippen LogP contribution is -2.25. The van der Waals surface area contributed by atoms with Crippen LogP contribution in [0.3, 0.4) is 0 Å². The Morgan fingerprint density at radius 1 is 1.40 bits per heavy atom. The molecule has 0 saturated carbocycles. The highest BCUT2D eigenvalue weighted by Gasteiger charge is 2.37. The largest absolute Gasteiger partial charge is 0.463 e. The number of hydrogen-bond donors (Lipinski definition) is 2. The van der Waals surface area contributed by atoms with Gasteiger partial charge in [-0.25, -0.2) is 9.18 Å². The first-order valence-corrected chi connectivity index (χ1v) is 8.61. The zero-order valence-electron chi connectivity index (χ0n) is 14.0. The number of carbonyl (C=O) groups excluding carboxylic acids is 1. The lowest BCUT2D eigenvalue weighted by Gasteiger charge is -2.29. The van der Waals surface area contributed by atoms with Gasteiger partial charge in [0.25, 0.3) is 0 Å². The van der Waals surface area contributed by atoms with Crippen molar-refractivity contribution in [3.63, 3.8) is 0 Å². The number of carbonyl (C=O) groups is 1. The molecular formula is C18H19ClFN3O2. The van der Waals surface area contributed by atoms with Crippen LogP contribution in [0.25, 0.3) is 0 Å². The standard InChI is InChI=1S/C18H19ClFN3O2/c1-3-6-13-16(18(24)25-4-2)14(10-9-21-23-17(10)22-13)15-11(19)7-5-8-12(15)20/h5,7-9,14H,3-4,6H2,1-2H3,(H2,21,22,23). The first kappa shape index (κ1) is 17.5. The molecule has 1 aliphatic heterocycles. The van der Waals surface area contributed by atoms with E-state index in [9.17, 15) is 9.18 Å². The van der Waals surface area contributed by atoms with Crippen LogP contribution >= 0.6 is 11.6 Å². The fourth-order valence-electron chi connectivity index (χ4n) is 3.14. The van der Waals surface area contributed by atoms with Crippen LogP contribution in [0.15, 0.2) is 35.7 Å². The van der Waals surface area contributed by atoms with Gasteiger partial charge in [-0.2, -0.15) is 5.10 Å². The zero-order chi connectivity index (χ0) is 18.0. The maximum atomic E-state index is 14.7. The zero-order valence-corrected chi connectivity index (χ0v) is 14.8. The molecule has 5 nitrogen and oxygen atoms in total. The smallest absolute Gasteiger partial charge is 0.336 e. The topological polar surface area (TPSA) is 67.0 Å². The predicted molar refractivity (Wildman–Crippen MR) is 94.0 cm³/mol.